The summed E-state index contributed by atoms with van der Waals surface area (Å²) in [5, 5.41) is 0. The molecular weight excluding hydrogens is 224 g/mol. The van der Waals surface area contributed by atoms with Gasteiger partial charge < -0.3 is 9.47 Å². The van der Waals surface area contributed by atoms with Crippen molar-refractivity contribution in [2.45, 2.75) is 45.8 Å². The fourth-order valence-corrected chi connectivity index (χ4v) is 1.66. The summed E-state index contributed by atoms with van der Waals surface area (Å²) in [7, 11) is 0. The van der Waals surface area contributed by atoms with Crippen molar-refractivity contribution in [3.63, 3.8) is 0 Å². The molecule has 0 saturated carbocycles. The predicted octanol–water partition coefficient (Wildman–Crippen LogP) is 4.35. The monoisotopic (exact) mass is 248 g/mol. The van der Waals surface area contributed by atoms with Crippen molar-refractivity contribution >= 4 is 0 Å². The summed E-state index contributed by atoms with van der Waals surface area (Å²) in [6, 6.07) is 8.10. The molecule has 0 saturated heterocycles. The summed E-state index contributed by atoms with van der Waals surface area (Å²) in [6.07, 6.45) is 5.70. The zero-order valence-electron chi connectivity index (χ0n) is 11.5. The fraction of sp³-hybridized carbons (Fsp3) is 0.500. The Morgan fingerprint density at radius 1 is 1.33 bits per heavy atom. The highest BCUT2D eigenvalue weighted by atomic mass is 16.7. The molecule has 1 atom stereocenters. The Labute approximate surface area is 111 Å². The van der Waals surface area contributed by atoms with E-state index in [0.717, 1.165) is 38.0 Å². The first-order valence-electron chi connectivity index (χ1n) is 6.78. The van der Waals surface area contributed by atoms with Crippen molar-refractivity contribution in [3.05, 3.63) is 42.5 Å². The van der Waals surface area contributed by atoms with Gasteiger partial charge in [-0.2, -0.15) is 0 Å². The Hall–Kier alpha value is -1.28. The van der Waals surface area contributed by atoms with Gasteiger partial charge >= 0.3 is 0 Å². The zero-order valence-corrected chi connectivity index (χ0v) is 11.5. The lowest BCUT2D eigenvalue weighted by atomic mass is 10.1. The zero-order chi connectivity index (χ0) is 13.2. The number of rotatable bonds is 9. The van der Waals surface area contributed by atoms with Crippen LogP contribution in [0.15, 0.2) is 36.9 Å². The van der Waals surface area contributed by atoms with Gasteiger partial charge in [0.2, 0.25) is 0 Å². The average molecular weight is 248 g/mol. The van der Waals surface area contributed by atoms with Gasteiger partial charge in [0.25, 0.3) is 0 Å². The molecule has 100 valence electrons. The van der Waals surface area contributed by atoms with E-state index in [2.05, 4.69) is 26.5 Å². The average Bonchev–Trinajstić information content (AvgIpc) is 2.38. The van der Waals surface area contributed by atoms with Crippen LogP contribution in [0.25, 0.3) is 0 Å². The van der Waals surface area contributed by atoms with Crippen LogP contribution >= 0.6 is 0 Å². The van der Waals surface area contributed by atoms with Gasteiger partial charge in [-0.15, -0.1) is 6.58 Å². The molecule has 1 rings (SSSR count). The van der Waals surface area contributed by atoms with Crippen LogP contribution in [0.3, 0.4) is 0 Å². The molecule has 0 spiro atoms. The Morgan fingerprint density at radius 2 is 2.17 bits per heavy atom. The molecule has 0 heterocycles. The number of hydrogen-bond donors (Lipinski definition) is 0. The minimum absolute atomic E-state index is 0.143. The van der Waals surface area contributed by atoms with Gasteiger partial charge in [-0.05, 0) is 30.5 Å². The lowest BCUT2D eigenvalue weighted by Gasteiger charge is -2.18. The van der Waals surface area contributed by atoms with Gasteiger partial charge in [-0.1, -0.05) is 38.5 Å². The van der Waals surface area contributed by atoms with Gasteiger partial charge in [0, 0.05) is 6.42 Å². The largest absolute Gasteiger partial charge is 0.465 e. The number of unbranched alkanes of at least 4 members (excludes halogenated alkanes) is 1. The minimum atomic E-state index is -0.143. The third-order valence-electron chi connectivity index (χ3n) is 2.68. The summed E-state index contributed by atoms with van der Waals surface area (Å²) in [5.74, 6) is 0.873. The van der Waals surface area contributed by atoms with E-state index in [0.29, 0.717) is 0 Å². The van der Waals surface area contributed by atoms with E-state index in [1.807, 2.05) is 24.3 Å². The van der Waals surface area contributed by atoms with E-state index in [4.69, 9.17) is 9.47 Å². The summed E-state index contributed by atoms with van der Waals surface area (Å²) < 4.78 is 11.5. The first-order valence-corrected chi connectivity index (χ1v) is 6.78. The van der Waals surface area contributed by atoms with Crippen LogP contribution in [0.1, 0.15) is 38.7 Å². The first kappa shape index (κ1) is 14.8. The van der Waals surface area contributed by atoms with Crippen LogP contribution in [-0.4, -0.2) is 12.9 Å². The van der Waals surface area contributed by atoms with Crippen LogP contribution in [0.4, 0.5) is 0 Å². The van der Waals surface area contributed by atoms with Crippen LogP contribution in [0.5, 0.6) is 5.75 Å². The van der Waals surface area contributed by atoms with Crippen molar-refractivity contribution in [3.8, 4) is 5.75 Å². The Balaban J connectivity index is 2.52. The van der Waals surface area contributed by atoms with Crippen molar-refractivity contribution in [1.29, 1.82) is 0 Å². The molecule has 0 fully saturated rings. The smallest absolute Gasteiger partial charge is 0.199 e. The number of allylic oxidation sites excluding steroid dienone is 1. The molecule has 0 bridgehead atoms. The maximum atomic E-state index is 5.84. The topological polar surface area (TPSA) is 18.5 Å². The second-order valence-corrected chi connectivity index (χ2v) is 4.32. The molecule has 18 heavy (non-hydrogen) atoms. The lowest BCUT2D eigenvalue weighted by Crippen LogP contribution is -2.20. The molecule has 0 aliphatic heterocycles. The van der Waals surface area contributed by atoms with E-state index in [-0.39, 0.29) is 6.29 Å². The molecule has 0 aliphatic rings. The number of ether oxygens (including phenoxy) is 2. The van der Waals surface area contributed by atoms with Crippen molar-refractivity contribution in [1.82, 2.24) is 0 Å². The van der Waals surface area contributed by atoms with Gasteiger partial charge in [-0.3, -0.25) is 0 Å². The molecule has 2 nitrogen and oxygen atoms in total. The van der Waals surface area contributed by atoms with Crippen LogP contribution in [0, 0.1) is 0 Å². The molecule has 2 heteroatoms. The third kappa shape index (κ3) is 5.37. The van der Waals surface area contributed by atoms with Crippen LogP contribution < -0.4 is 4.74 Å². The summed E-state index contributed by atoms with van der Waals surface area (Å²) in [6.45, 7) is 8.74. The highest BCUT2D eigenvalue weighted by molar-refractivity contribution is 5.29. The van der Waals surface area contributed by atoms with Crippen molar-refractivity contribution in [2.75, 3.05) is 6.61 Å². The molecular formula is C16H24O2. The lowest BCUT2D eigenvalue weighted by molar-refractivity contribution is -0.0823. The molecule has 0 aliphatic carbocycles. The SMILES string of the molecule is C=CCc1cccc(OC(CC)OCCCC)c1. The predicted molar refractivity (Wildman–Crippen MR) is 75.9 cm³/mol. The van der Waals surface area contributed by atoms with E-state index in [1.165, 1.54) is 5.56 Å². The quantitative estimate of drug-likeness (QED) is 0.367. The van der Waals surface area contributed by atoms with Gasteiger partial charge in [-0.25, -0.2) is 0 Å². The van der Waals surface area contributed by atoms with Crippen LogP contribution in [-0.2, 0) is 11.2 Å². The molecule has 0 amide bonds. The van der Waals surface area contributed by atoms with E-state index < -0.39 is 0 Å². The minimum Gasteiger partial charge on any atom is -0.465 e. The fourth-order valence-electron chi connectivity index (χ4n) is 1.66. The molecule has 0 radical (unpaired) electrons. The summed E-state index contributed by atoms with van der Waals surface area (Å²) in [5.41, 5.74) is 1.21. The second kappa shape index (κ2) is 8.76. The summed E-state index contributed by atoms with van der Waals surface area (Å²) in [4.78, 5) is 0. The molecule has 1 aromatic carbocycles. The van der Waals surface area contributed by atoms with Crippen molar-refractivity contribution in [2.24, 2.45) is 0 Å². The number of hydrogen-bond acceptors (Lipinski definition) is 2. The highest BCUT2D eigenvalue weighted by Gasteiger charge is 2.08. The van der Waals surface area contributed by atoms with Gasteiger partial charge in [0.05, 0.1) is 6.61 Å². The maximum absolute atomic E-state index is 5.84. The highest BCUT2D eigenvalue weighted by Crippen LogP contribution is 2.17. The second-order valence-electron chi connectivity index (χ2n) is 4.32. The van der Waals surface area contributed by atoms with Crippen LogP contribution in [0.2, 0.25) is 0 Å². The molecule has 1 unspecified atom stereocenters. The normalized spacial score (nSPS) is 12.1. The van der Waals surface area contributed by atoms with E-state index >= 15 is 0 Å². The van der Waals surface area contributed by atoms with Gasteiger partial charge in [0.1, 0.15) is 5.75 Å². The molecule has 0 N–H and O–H groups in total. The Kier molecular flexibility index (Phi) is 7.19. The first-order chi connectivity index (χ1) is 8.80. The Bertz CT molecular complexity index is 347. The van der Waals surface area contributed by atoms with Gasteiger partial charge in [0.15, 0.2) is 6.29 Å². The Morgan fingerprint density at radius 3 is 2.83 bits per heavy atom. The van der Waals surface area contributed by atoms with Crippen molar-refractivity contribution < 1.29 is 9.47 Å². The molecule has 1 aromatic rings. The molecule has 0 aromatic heterocycles. The van der Waals surface area contributed by atoms with E-state index in [9.17, 15) is 0 Å². The standard InChI is InChI=1S/C16H24O2/c1-4-7-12-17-16(6-3)18-15-11-8-10-14(13-15)9-5-2/h5,8,10-11,13,16H,2,4,6-7,9,12H2,1,3H3. The summed E-state index contributed by atoms with van der Waals surface area (Å²) >= 11 is 0. The van der Waals surface area contributed by atoms with E-state index in [1.54, 1.807) is 0 Å². The number of benzene rings is 1. The maximum Gasteiger partial charge on any atom is 0.199 e. The third-order valence-corrected chi connectivity index (χ3v) is 2.68.